The number of carbonyl (C=O) groups is 1. The van der Waals surface area contributed by atoms with Crippen LogP contribution in [0.1, 0.15) is 18.1 Å². The van der Waals surface area contributed by atoms with Crippen LogP contribution in [0.2, 0.25) is 0 Å². The van der Waals surface area contributed by atoms with Crippen molar-refractivity contribution >= 4 is 12.4 Å². The molecule has 0 fully saturated rings. The molecule has 14 heavy (non-hydrogen) atoms. The van der Waals surface area contributed by atoms with Gasteiger partial charge in [-0.05, 0) is 24.1 Å². The molecule has 1 aromatic carbocycles. The highest BCUT2D eigenvalue weighted by Gasteiger charge is 2.26. The van der Waals surface area contributed by atoms with Gasteiger partial charge in [0.2, 0.25) is 0 Å². The van der Waals surface area contributed by atoms with Crippen molar-refractivity contribution < 1.29 is 4.79 Å². The summed E-state index contributed by atoms with van der Waals surface area (Å²) in [5.41, 5.74) is 2.39. The van der Waals surface area contributed by atoms with Gasteiger partial charge in [-0.15, -0.1) is 0 Å². The van der Waals surface area contributed by atoms with Crippen molar-refractivity contribution in [2.75, 3.05) is 0 Å². The predicted octanol–water partition coefficient (Wildman–Crippen LogP) is 2.73. The Kier molecular flexibility index (Phi) is 2.08. The molecule has 1 atom stereocenters. The molecule has 0 aromatic heterocycles. The second-order valence-corrected chi connectivity index (χ2v) is 3.70. The van der Waals surface area contributed by atoms with Gasteiger partial charge in [0.25, 0.3) is 0 Å². The maximum absolute atomic E-state index is 10.3. The van der Waals surface area contributed by atoms with Gasteiger partial charge in [0.1, 0.15) is 6.29 Å². The summed E-state index contributed by atoms with van der Waals surface area (Å²) in [6, 6.07) is 8.24. The molecular formula is C13H12O. The molecule has 0 amide bonds. The van der Waals surface area contributed by atoms with Crippen molar-refractivity contribution in [3.05, 3.63) is 53.6 Å². The Morgan fingerprint density at radius 3 is 2.86 bits per heavy atom. The molecule has 70 valence electrons. The molecule has 0 bridgehead atoms. The smallest absolute Gasteiger partial charge is 0.142 e. The van der Waals surface area contributed by atoms with Crippen LogP contribution in [0.4, 0.5) is 0 Å². The Bertz CT molecular complexity index is 415. The minimum absolute atomic E-state index is 0.114. The quantitative estimate of drug-likeness (QED) is 0.510. The molecule has 2 rings (SSSR count). The lowest BCUT2D eigenvalue weighted by Gasteiger charge is -2.19. The van der Waals surface area contributed by atoms with E-state index in [0.29, 0.717) is 0 Å². The van der Waals surface area contributed by atoms with Crippen LogP contribution in [0, 0.1) is 0 Å². The summed E-state index contributed by atoms with van der Waals surface area (Å²) in [4.78, 5) is 10.3. The Morgan fingerprint density at radius 1 is 1.29 bits per heavy atom. The zero-order valence-corrected chi connectivity index (χ0v) is 8.10. The highest BCUT2D eigenvalue weighted by molar-refractivity contribution is 5.70. The van der Waals surface area contributed by atoms with Gasteiger partial charge in [0, 0.05) is 5.41 Å². The van der Waals surface area contributed by atoms with Gasteiger partial charge in [-0.2, -0.15) is 0 Å². The summed E-state index contributed by atoms with van der Waals surface area (Å²) < 4.78 is 0. The number of allylic oxidation sites excluding steroid dienone is 3. The fourth-order valence-corrected chi connectivity index (χ4v) is 1.87. The largest absolute Gasteiger partial charge is 0.299 e. The molecule has 0 radical (unpaired) electrons. The molecule has 1 nitrogen and oxygen atoms in total. The van der Waals surface area contributed by atoms with Gasteiger partial charge in [-0.25, -0.2) is 0 Å². The third-order valence-corrected chi connectivity index (χ3v) is 2.67. The first-order chi connectivity index (χ1) is 6.76. The van der Waals surface area contributed by atoms with Gasteiger partial charge < -0.3 is 0 Å². The molecule has 1 aliphatic rings. The summed E-state index contributed by atoms with van der Waals surface area (Å²) in [5.74, 6) is 0. The Hall–Kier alpha value is -1.63. The van der Waals surface area contributed by atoms with Gasteiger partial charge in [-0.3, -0.25) is 4.79 Å². The number of hydrogen-bond acceptors (Lipinski definition) is 1. The van der Waals surface area contributed by atoms with Crippen molar-refractivity contribution in [1.82, 2.24) is 0 Å². The molecule has 0 aliphatic heterocycles. The summed E-state index contributed by atoms with van der Waals surface area (Å²) in [7, 11) is 0. The summed E-state index contributed by atoms with van der Waals surface area (Å²) in [5, 5.41) is 0. The van der Waals surface area contributed by atoms with Gasteiger partial charge in [0.05, 0.1) is 0 Å². The summed E-state index contributed by atoms with van der Waals surface area (Å²) >= 11 is 0. The lowest BCUT2D eigenvalue weighted by Crippen LogP contribution is -2.12. The van der Waals surface area contributed by atoms with E-state index in [1.165, 1.54) is 11.1 Å². The zero-order chi connectivity index (χ0) is 10.0. The number of fused-ring (bicyclic) bond motifs is 1. The van der Waals surface area contributed by atoms with E-state index in [0.717, 1.165) is 6.29 Å². The molecular weight excluding hydrogens is 172 g/mol. The minimum Gasteiger partial charge on any atom is -0.299 e. The molecule has 0 saturated carbocycles. The maximum atomic E-state index is 10.3. The van der Waals surface area contributed by atoms with E-state index in [2.05, 4.69) is 31.2 Å². The third-order valence-electron chi connectivity index (χ3n) is 2.67. The zero-order valence-electron chi connectivity index (χ0n) is 8.10. The fraction of sp³-hybridized carbons (Fsp3) is 0.154. The van der Waals surface area contributed by atoms with Gasteiger partial charge in [-0.1, -0.05) is 42.5 Å². The van der Waals surface area contributed by atoms with Gasteiger partial charge >= 0.3 is 0 Å². The van der Waals surface area contributed by atoms with Crippen molar-refractivity contribution in [3.8, 4) is 0 Å². The number of carbonyl (C=O) groups excluding carboxylic acids is 1. The predicted molar refractivity (Wildman–Crippen MR) is 58.0 cm³/mol. The average molecular weight is 184 g/mol. The first-order valence-electron chi connectivity index (χ1n) is 4.68. The fourth-order valence-electron chi connectivity index (χ4n) is 1.87. The Labute approximate surface area is 83.8 Å². The van der Waals surface area contributed by atoms with Crippen LogP contribution < -0.4 is 0 Å². The number of hydrogen-bond donors (Lipinski definition) is 0. The molecule has 1 heteroatoms. The normalized spacial score (nSPS) is 24.1. The highest BCUT2D eigenvalue weighted by atomic mass is 16.1. The van der Waals surface area contributed by atoms with E-state index in [-0.39, 0.29) is 5.41 Å². The molecule has 0 spiro atoms. The van der Waals surface area contributed by atoms with E-state index in [9.17, 15) is 4.79 Å². The van der Waals surface area contributed by atoms with Crippen LogP contribution in [0.25, 0.3) is 6.08 Å². The lowest BCUT2D eigenvalue weighted by molar-refractivity contribution is -0.104. The van der Waals surface area contributed by atoms with Crippen molar-refractivity contribution in [2.45, 2.75) is 12.3 Å². The molecule has 0 heterocycles. The van der Waals surface area contributed by atoms with Crippen LogP contribution >= 0.6 is 0 Å². The first-order valence-corrected chi connectivity index (χ1v) is 4.68. The van der Waals surface area contributed by atoms with Crippen LogP contribution in [0.3, 0.4) is 0 Å². The van der Waals surface area contributed by atoms with E-state index in [1.807, 2.05) is 18.2 Å². The van der Waals surface area contributed by atoms with Crippen molar-refractivity contribution in [1.29, 1.82) is 0 Å². The SMILES string of the molecule is CC1(/C=C/C=O)C=Cc2ccccc21. The third kappa shape index (κ3) is 1.31. The number of rotatable bonds is 2. The Morgan fingerprint density at radius 2 is 2.07 bits per heavy atom. The molecule has 1 aromatic rings. The summed E-state index contributed by atoms with van der Waals surface area (Å²) in [6.45, 7) is 2.11. The summed E-state index contributed by atoms with van der Waals surface area (Å²) in [6.07, 6.45) is 8.54. The first kappa shape index (κ1) is 8.95. The minimum atomic E-state index is -0.114. The number of aldehydes is 1. The van der Waals surface area contributed by atoms with Crippen LogP contribution in [0.5, 0.6) is 0 Å². The second kappa shape index (κ2) is 3.26. The number of benzene rings is 1. The Balaban J connectivity index is 2.47. The second-order valence-electron chi connectivity index (χ2n) is 3.70. The average Bonchev–Trinajstić information content (AvgIpc) is 2.55. The molecule has 0 N–H and O–H groups in total. The van der Waals surface area contributed by atoms with E-state index < -0.39 is 0 Å². The molecule has 1 unspecified atom stereocenters. The van der Waals surface area contributed by atoms with Crippen molar-refractivity contribution in [2.24, 2.45) is 0 Å². The van der Waals surface area contributed by atoms with Gasteiger partial charge in [0.15, 0.2) is 0 Å². The molecule has 0 saturated heterocycles. The van der Waals surface area contributed by atoms with E-state index in [1.54, 1.807) is 6.08 Å². The lowest BCUT2D eigenvalue weighted by atomic mass is 9.84. The van der Waals surface area contributed by atoms with E-state index >= 15 is 0 Å². The maximum Gasteiger partial charge on any atom is 0.142 e. The highest BCUT2D eigenvalue weighted by Crippen LogP contribution is 2.36. The molecule has 1 aliphatic carbocycles. The van der Waals surface area contributed by atoms with Crippen LogP contribution in [-0.2, 0) is 10.2 Å². The monoisotopic (exact) mass is 184 g/mol. The van der Waals surface area contributed by atoms with Crippen molar-refractivity contribution in [3.63, 3.8) is 0 Å². The standard InChI is InChI=1S/C13H12O/c1-13(8-4-10-14)9-7-11-5-2-3-6-12(11)13/h2-10H,1H3/b8-4+. The van der Waals surface area contributed by atoms with Crippen LogP contribution in [0.15, 0.2) is 42.5 Å². The van der Waals surface area contributed by atoms with E-state index in [4.69, 9.17) is 0 Å². The topological polar surface area (TPSA) is 17.1 Å². The van der Waals surface area contributed by atoms with Crippen LogP contribution in [-0.4, -0.2) is 6.29 Å².